The second kappa shape index (κ2) is 8.67. The first kappa shape index (κ1) is 21.1. The van der Waals surface area contributed by atoms with Gasteiger partial charge in [0, 0.05) is 0 Å². The number of sulfonamides is 1. The number of carbonyl (C=O) groups is 1. The first-order valence-electron chi connectivity index (χ1n) is 8.96. The van der Waals surface area contributed by atoms with Gasteiger partial charge < -0.3 is 4.74 Å². The van der Waals surface area contributed by atoms with Gasteiger partial charge in [-0.05, 0) is 51.3 Å². The second-order valence-corrected chi connectivity index (χ2v) is 8.47. The van der Waals surface area contributed by atoms with Crippen molar-refractivity contribution in [2.45, 2.75) is 52.0 Å². The average Bonchev–Trinajstić information content (AvgIpc) is 2.53. The molecule has 0 amide bonds. The molecule has 27 heavy (non-hydrogen) atoms. The summed E-state index contributed by atoms with van der Waals surface area (Å²) in [6.07, 6.45) is -0.0694. The monoisotopic (exact) mass is 389 g/mol. The molecule has 0 aliphatic carbocycles. The Kier molecular flexibility index (Phi) is 6.78. The number of hydrogen-bond acceptors (Lipinski definition) is 4. The minimum atomic E-state index is -3.81. The molecule has 0 bridgehead atoms. The van der Waals surface area contributed by atoms with E-state index in [9.17, 15) is 13.2 Å². The van der Waals surface area contributed by atoms with Crippen molar-refractivity contribution >= 4 is 16.0 Å². The topological polar surface area (TPSA) is 72.5 Å². The van der Waals surface area contributed by atoms with E-state index in [4.69, 9.17) is 4.74 Å². The molecular weight excluding hydrogens is 362 g/mol. The third-order valence-electron chi connectivity index (χ3n) is 4.33. The maximum atomic E-state index is 13.1. The molecule has 0 spiro atoms. The fraction of sp³-hybridized carbons (Fsp3) is 0.381. The normalized spacial score (nSPS) is 12.6. The van der Waals surface area contributed by atoms with Gasteiger partial charge in [-0.2, -0.15) is 0 Å². The van der Waals surface area contributed by atoms with Gasteiger partial charge in [-0.1, -0.05) is 47.5 Å². The number of esters is 1. The van der Waals surface area contributed by atoms with E-state index in [1.807, 2.05) is 50.2 Å². The number of hydrogen-bond donors (Lipinski definition) is 1. The molecule has 146 valence electrons. The highest BCUT2D eigenvalue weighted by Gasteiger charge is 2.26. The third-order valence-corrected chi connectivity index (χ3v) is 6.10. The Morgan fingerprint density at radius 1 is 1.00 bits per heavy atom. The molecule has 2 aromatic carbocycles. The average molecular weight is 390 g/mol. The van der Waals surface area contributed by atoms with Crippen LogP contribution in [-0.2, 0) is 19.6 Å². The lowest BCUT2D eigenvalue weighted by Gasteiger charge is -2.21. The number of benzene rings is 2. The molecule has 0 saturated heterocycles. The fourth-order valence-electron chi connectivity index (χ4n) is 3.25. The van der Waals surface area contributed by atoms with Crippen molar-refractivity contribution in [1.82, 2.24) is 4.72 Å². The highest BCUT2D eigenvalue weighted by atomic mass is 32.2. The summed E-state index contributed by atoms with van der Waals surface area (Å²) in [5.41, 5.74) is 4.14. The number of rotatable bonds is 7. The standard InChI is InChI=1S/C21H27NO4S/c1-6-26-20(23)13-19(18-9-7-14(2)8-10-18)22-27(24,25)21-16(4)11-15(3)12-17(21)5/h7-12,19,22H,6,13H2,1-5H3/t19-/m1/s1. The Morgan fingerprint density at radius 3 is 2.07 bits per heavy atom. The summed E-state index contributed by atoms with van der Waals surface area (Å²) < 4.78 is 34.0. The van der Waals surface area contributed by atoms with Gasteiger partial charge in [-0.15, -0.1) is 0 Å². The van der Waals surface area contributed by atoms with Crippen molar-refractivity contribution < 1.29 is 17.9 Å². The molecule has 0 aliphatic rings. The molecule has 0 aliphatic heterocycles. The summed E-state index contributed by atoms with van der Waals surface area (Å²) in [4.78, 5) is 12.3. The van der Waals surface area contributed by atoms with Gasteiger partial charge in [0.25, 0.3) is 0 Å². The maximum Gasteiger partial charge on any atom is 0.307 e. The SMILES string of the molecule is CCOC(=O)C[C@@H](NS(=O)(=O)c1c(C)cc(C)cc1C)c1ccc(C)cc1. The molecule has 0 heterocycles. The molecule has 2 rings (SSSR count). The molecule has 0 aromatic heterocycles. The number of ether oxygens (including phenoxy) is 1. The molecule has 0 radical (unpaired) electrons. The largest absolute Gasteiger partial charge is 0.466 e. The van der Waals surface area contributed by atoms with Crippen molar-refractivity contribution in [1.29, 1.82) is 0 Å². The summed E-state index contributed by atoms with van der Waals surface area (Å²) in [6.45, 7) is 9.42. The first-order chi connectivity index (χ1) is 12.6. The van der Waals surface area contributed by atoms with Crippen LogP contribution in [0, 0.1) is 27.7 Å². The number of aryl methyl sites for hydroxylation is 4. The highest BCUT2D eigenvalue weighted by molar-refractivity contribution is 7.89. The van der Waals surface area contributed by atoms with Crippen LogP contribution in [0.2, 0.25) is 0 Å². The van der Waals surface area contributed by atoms with Gasteiger partial charge >= 0.3 is 5.97 Å². The van der Waals surface area contributed by atoms with E-state index < -0.39 is 22.0 Å². The zero-order chi connectivity index (χ0) is 20.2. The van der Waals surface area contributed by atoms with Crippen LogP contribution in [-0.4, -0.2) is 21.0 Å². The van der Waals surface area contributed by atoms with E-state index in [0.29, 0.717) is 11.1 Å². The van der Waals surface area contributed by atoms with Crippen LogP contribution in [0.1, 0.15) is 47.2 Å². The summed E-state index contributed by atoms with van der Waals surface area (Å²) in [5, 5.41) is 0. The lowest BCUT2D eigenvalue weighted by atomic mass is 10.0. The quantitative estimate of drug-likeness (QED) is 0.729. The van der Waals surface area contributed by atoms with Crippen LogP contribution in [0.25, 0.3) is 0 Å². The van der Waals surface area contributed by atoms with E-state index in [0.717, 1.165) is 16.7 Å². The number of nitrogens with one attached hydrogen (secondary N) is 1. The van der Waals surface area contributed by atoms with Gasteiger partial charge in [0.05, 0.1) is 24.0 Å². The molecule has 1 N–H and O–H groups in total. The van der Waals surface area contributed by atoms with E-state index in [1.54, 1.807) is 20.8 Å². The fourth-order valence-corrected chi connectivity index (χ4v) is 4.93. The highest BCUT2D eigenvalue weighted by Crippen LogP contribution is 2.26. The summed E-state index contributed by atoms with van der Waals surface area (Å²) >= 11 is 0. The van der Waals surface area contributed by atoms with Crippen molar-refractivity contribution in [3.05, 3.63) is 64.2 Å². The molecule has 6 heteroatoms. The van der Waals surface area contributed by atoms with Gasteiger partial charge in [-0.3, -0.25) is 4.79 Å². The molecule has 2 aromatic rings. The molecule has 5 nitrogen and oxygen atoms in total. The van der Waals surface area contributed by atoms with Crippen molar-refractivity contribution in [2.75, 3.05) is 6.61 Å². The molecule has 0 saturated carbocycles. The van der Waals surface area contributed by atoms with Crippen molar-refractivity contribution in [3.8, 4) is 0 Å². The van der Waals surface area contributed by atoms with Gasteiger partial charge in [-0.25, -0.2) is 13.1 Å². The lowest BCUT2D eigenvalue weighted by Crippen LogP contribution is -2.31. The van der Waals surface area contributed by atoms with Crippen LogP contribution in [0.4, 0.5) is 0 Å². The molecular formula is C21H27NO4S. The van der Waals surface area contributed by atoms with Crippen LogP contribution in [0.5, 0.6) is 0 Å². The summed E-state index contributed by atoms with van der Waals surface area (Å²) in [7, 11) is -3.81. The van der Waals surface area contributed by atoms with Crippen molar-refractivity contribution in [3.63, 3.8) is 0 Å². The smallest absolute Gasteiger partial charge is 0.307 e. The maximum absolute atomic E-state index is 13.1. The molecule has 0 fully saturated rings. The van der Waals surface area contributed by atoms with E-state index >= 15 is 0 Å². The minimum absolute atomic E-state index is 0.0694. The van der Waals surface area contributed by atoms with Gasteiger partial charge in [0.1, 0.15) is 0 Å². The Balaban J connectivity index is 2.41. The van der Waals surface area contributed by atoms with Crippen molar-refractivity contribution in [2.24, 2.45) is 0 Å². The van der Waals surface area contributed by atoms with Crippen LogP contribution in [0.15, 0.2) is 41.3 Å². The summed E-state index contributed by atoms with van der Waals surface area (Å²) in [5.74, 6) is -0.442. The third kappa shape index (κ3) is 5.40. The minimum Gasteiger partial charge on any atom is -0.466 e. The Labute approximate surface area is 161 Å². The van der Waals surface area contributed by atoms with E-state index in [1.165, 1.54) is 0 Å². The number of carbonyl (C=O) groups excluding carboxylic acids is 1. The summed E-state index contributed by atoms with van der Waals surface area (Å²) in [6, 6.07) is 10.4. The lowest BCUT2D eigenvalue weighted by molar-refractivity contribution is -0.143. The zero-order valence-corrected chi connectivity index (χ0v) is 17.3. The first-order valence-corrected chi connectivity index (χ1v) is 10.4. The van der Waals surface area contributed by atoms with Gasteiger partial charge in [0.2, 0.25) is 10.0 Å². The molecule has 0 unspecified atom stereocenters. The Morgan fingerprint density at radius 2 is 1.56 bits per heavy atom. The van der Waals surface area contributed by atoms with Gasteiger partial charge in [0.15, 0.2) is 0 Å². The predicted molar refractivity (Wildman–Crippen MR) is 106 cm³/mol. The van der Waals surface area contributed by atoms with Crippen LogP contribution < -0.4 is 4.72 Å². The predicted octanol–water partition coefficient (Wildman–Crippen LogP) is 3.89. The second-order valence-electron chi connectivity index (χ2n) is 6.82. The van der Waals surface area contributed by atoms with Crippen LogP contribution >= 0.6 is 0 Å². The van der Waals surface area contributed by atoms with E-state index in [2.05, 4.69) is 4.72 Å². The molecule has 1 atom stereocenters. The van der Waals surface area contributed by atoms with E-state index in [-0.39, 0.29) is 17.9 Å². The Bertz CT molecular complexity index is 895. The zero-order valence-electron chi connectivity index (χ0n) is 16.5. The van der Waals surface area contributed by atoms with Crippen LogP contribution in [0.3, 0.4) is 0 Å². The Hall–Kier alpha value is -2.18.